The fourth-order valence-electron chi connectivity index (χ4n) is 1.51. The molecule has 0 aliphatic carbocycles. The topological polar surface area (TPSA) is 41.6 Å². The summed E-state index contributed by atoms with van der Waals surface area (Å²) in [6.07, 6.45) is 0. The molecule has 0 spiro atoms. The standard InChI is InChI=1S/C13H20N2O2.ClH/c1-4-17-12-8-6-5-7-11(12)13(16)15(3)10-9-14-2;/h5-8,14H,4,9-10H2,1-3H3;1H. The highest BCUT2D eigenvalue weighted by atomic mass is 35.5. The molecule has 0 aromatic heterocycles. The number of hydrogen-bond donors (Lipinski definition) is 1. The van der Waals surface area contributed by atoms with Gasteiger partial charge in [-0.15, -0.1) is 12.4 Å². The van der Waals surface area contributed by atoms with Gasteiger partial charge >= 0.3 is 0 Å². The summed E-state index contributed by atoms with van der Waals surface area (Å²) in [7, 11) is 3.66. The third-order valence-electron chi connectivity index (χ3n) is 2.46. The summed E-state index contributed by atoms with van der Waals surface area (Å²) in [5.74, 6) is 0.639. The first-order valence-corrected chi connectivity index (χ1v) is 5.82. The van der Waals surface area contributed by atoms with E-state index in [0.717, 1.165) is 6.54 Å². The summed E-state index contributed by atoms with van der Waals surface area (Å²) in [5.41, 5.74) is 0.618. The number of nitrogens with zero attached hydrogens (tertiary/aromatic N) is 1. The molecule has 0 heterocycles. The monoisotopic (exact) mass is 272 g/mol. The lowest BCUT2D eigenvalue weighted by molar-refractivity contribution is 0.0792. The molecule has 0 fully saturated rings. The summed E-state index contributed by atoms with van der Waals surface area (Å²) < 4.78 is 5.45. The zero-order valence-electron chi connectivity index (χ0n) is 11.1. The van der Waals surface area contributed by atoms with E-state index < -0.39 is 0 Å². The van der Waals surface area contributed by atoms with Gasteiger partial charge < -0.3 is 15.0 Å². The first kappa shape index (κ1) is 16.7. The molecule has 0 radical (unpaired) electrons. The molecule has 5 heteroatoms. The van der Waals surface area contributed by atoms with Gasteiger partial charge in [0.15, 0.2) is 0 Å². The van der Waals surface area contributed by atoms with Crippen molar-refractivity contribution >= 4 is 18.3 Å². The van der Waals surface area contributed by atoms with E-state index in [1.54, 1.807) is 18.0 Å². The third kappa shape index (κ3) is 4.55. The maximum absolute atomic E-state index is 12.2. The van der Waals surface area contributed by atoms with Crippen LogP contribution < -0.4 is 10.1 Å². The van der Waals surface area contributed by atoms with Crippen LogP contribution in [0.15, 0.2) is 24.3 Å². The van der Waals surface area contributed by atoms with E-state index >= 15 is 0 Å². The molecule has 1 aromatic carbocycles. The van der Waals surface area contributed by atoms with Crippen LogP contribution >= 0.6 is 12.4 Å². The largest absolute Gasteiger partial charge is 0.493 e. The molecular formula is C13H21ClN2O2. The first-order valence-electron chi connectivity index (χ1n) is 5.82. The predicted molar refractivity (Wildman–Crippen MR) is 75.7 cm³/mol. The van der Waals surface area contributed by atoms with E-state index in [1.807, 2.05) is 32.2 Å². The van der Waals surface area contributed by atoms with Gasteiger partial charge in [0.05, 0.1) is 12.2 Å². The van der Waals surface area contributed by atoms with Crippen LogP contribution in [0.3, 0.4) is 0 Å². The lowest BCUT2D eigenvalue weighted by atomic mass is 10.2. The number of hydrogen-bond acceptors (Lipinski definition) is 3. The minimum absolute atomic E-state index is 0. The Kier molecular flexibility index (Phi) is 8.16. The summed E-state index contributed by atoms with van der Waals surface area (Å²) in [5, 5.41) is 3.02. The summed E-state index contributed by atoms with van der Waals surface area (Å²) in [6, 6.07) is 7.34. The van der Waals surface area contributed by atoms with Crippen molar-refractivity contribution in [2.45, 2.75) is 6.92 Å². The number of halogens is 1. The summed E-state index contributed by atoms with van der Waals surface area (Å²) in [4.78, 5) is 13.9. The summed E-state index contributed by atoms with van der Waals surface area (Å²) in [6.45, 7) is 3.92. The molecular weight excluding hydrogens is 252 g/mol. The van der Waals surface area contributed by atoms with Crippen molar-refractivity contribution in [3.05, 3.63) is 29.8 Å². The number of amides is 1. The predicted octanol–water partition coefficient (Wildman–Crippen LogP) is 1.80. The van der Waals surface area contributed by atoms with Crippen LogP contribution in [-0.4, -0.2) is 44.6 Å². The van der Waals surface area contributed by atoms with Gasteiger partial charge in [-0.25, -0.2) is 0 Å². The van der Waals surface area contributed by atoms with Gasteiger partial charge in [0.1, 0.15) is 5.75 Å². The first-order chi connectivity index (χ1) is 8.20. The van der Waals surface area contributed by atoms with E-state index in [1.165, 1.54) is 0 Å². The third-order valence-corrected chi connectivity index (χ3v) is 2.46. The van der Waals surface area contributed by atoms with Gasteiger partial charge in [0, 0.05) is 20.1 Å². The molecule has 102 valence electrons. The van der Waals surface area contributed by atoms with Gasteiger partial charge in [-0.3, -0.25) is 4.79 Å². The van der Waals surface area contributed by atoms with Crippen molar-refractivity contribution in [1.29, 1.82) is 0 Å². The highest BCUT2D eigenvalue weighted by Gasteiger charge is 2.15. The normalized spacial score (nSPS) is 9.50. The van der Waals surface area contributed by atoms with Crippen LogP contribution in [0.2, 0.25) is 0 Å². The Morgan fingerprint density at radius 1 is 1.39 bits per heavy atom. The Balaban J connectivity index is 0.00000289. The molecule has 0 bridgehead atoms. The molecule has 1 N–H and O–H groups in total. The molecule has 4 nitrogen and oxygen atoms in total. The number of carbonyl (C=O) groups excluding carboxylic acids is 1. The Labute approximate surface area is 115 Å². The Bertz CT molecular complexity index is 372. The molecule has 0 saturated carbocycles. The van der Waals surface area contributed by atoms with Gasteiger partial charge in [0.2, 0.25) is 0 Å². The zero-order chi connectivity index (χ0) is 12.7. The van der Waals surface area contributed by atoms with Crippen molar-refractivity contribution in [1.82, 2.24) is 10.2 Å². The number of ether oxygens (including phenoxy) is 1. The van der Waals surface area contributed by atoms with E-state index in [2.05, 4.69) is 5.32 Å². The Morgan fingerprint density at radius 3 is 2.67 bits per heavy atom. The van der Waals surface area contributed by atoms with Crippen molar-refractivity contribution in [2.24, 2.45) is 0 Å². The highest BCUT2D eigenvalue weighted by Crippen LogP contribution is 2.19. The fourth-order valence-corrected chi connectivity index (χ4v) is 1.51. The van der Waals surface area contributed by atoms with E-state index in [9.17, 15) is 4.79 Å². The smallest absolute Gasteiger partial charge is 0.257 e. The average molecular weight is 273 g/mol. The Hall–Kier alpha value is -1.26. The molecule has 0 unspecified atom stereocenters. The van der Waals surface area contributed by atoms with Gasteiger partial charge in [0.25, 0.3) is 5.91 Å². The molecule has 1 amide bonds. The maximum Gasteiger partial charge on any atom is 0.257 e. The lowest BCUT2D eigenvalue weighted by Gasteiger charge is -2.18. The van der Waals surface area contributed by atoms with Crippen molar-refractivity contribution in [3.63, 3.8) is 0 Å². The molecule has 0 saturated heterocycles. The van der Waals surface area contributed by atoms with Crippen LogP contribution in [0.4, 0.5) is 0 Å². The van der Waals surface area contributed by atoms with Crippen LogP contribution in [-0.2, 0) is 0 Å². The van der Waals surface area contributed by atoms with E-state index in [-0.39, 0.29) is 18.3 Å². The molecule has 0 aliphatic rings. The van der Waals surface area contributed by atoms with Crippen molar-refractivity contribution in [2.75, 3.05) is 33.8 Å². The van der Waals surface area contributed by atoms with Gasteiger partial charge in [-0.2, -0.15) is 0 Å². The minimum atomic E-state index is -0.00991. The van der Waals surface area contributed by atoms with Crippen molar-refractivity contribution < 1.29 is 9.53 Å². The minimum Gasteiger partial charge on any atom is -0.493 e. The van der Waals surface area contributed by atoms with Crippen molar-refractivity contribution in [3.8, 4) is 5.75 Å². The highest BCUT2D eigenvalue weighted by molar-refractivity contribution is 5.96. The number of carbonyl (C=O) groups is 1. The van der Waals surface area contributed by atoms with Crippen LogP contribution in [0, 0.1) is 0 Å². The van der Waals surface area contributed by atoms with Crippen LogP contribution in [0.1, 0.15) is 17.3 Å². The maximum atomic E-state index is 12.2. The molecule has 1 rings (SSSR count). The average Bonchev–Trinajstić information content (AvgIpc) is 2.36. The zero-order valence-corrected chi connectivity index (χ0v) is 11.9. The molecule has 0 atom stereocenters. The second-order valence-corrected chi connectivity index (χ2v) is 3.76. The number of nitrogens with one attached hydrogen (secondary N) is 1. The van der Waals surface area contributed by atoms with Crippen LogP contribution in [0.25, 0.3) is 0 Å². The van der Waals surface area contributed by atoms with Crippen LogP contribution in [0.5, 0.6) is 5.75 Å². The Morgan fingerprint density at radius 2 is 2.06 bits per heavy atom. The second-order valence-electron chi connectivity index (χ2n) is 3.76. The quantitative estimate of drug-likeness (QED) is 0.859. The lowest BCUT2D eigenvalue weighted by Crippen LogP contribution is -2.33. The molecule has 0 aliphatic heterocycles. The van der Waals surface area contributed by atoms with E-state index in [0.29, 0.717) is 24.5 Å². The number of para-hydroxylation sites is 1. The SMILES string of the molecule is CCOc1ccccc1C(=O)N(C)CCNC.Cl. The number of rotatable bonds is 6. The number of likely N-dealkylation sites (N-methyl/N-ethyl adjacent to an activating group) is 2. The van der Waals surface area contributed by atoms with E-state index in [4.69, 9.17) is 4.74 Å². The second kappa shape index (κ2) is 8.78. The van der Waals surface area contributed by atoms with Gasteiger partial charge in [-0.1, -0.05) is 12.1 Å². The molecule has 18 heavy (non-hydrogen) atoms. The molecule has 1 aromatic rings. The summed E-state index contributed by atoms with van der Waals surface area (Å²) >= 11 is 0. The fraction of sp³-hybridized carbons (Fsp3) is 0.462. The van der Waals surface area contributed by atoms with Gasteiger partial charge in [-0.05, 0) is 26.1 Å². The number of benzene rings is 1.